The minimum absolute atomic E-state index is 0.107. The first-order chi connectivity index (χ1) is 15.6. The van der Waals surface area contributed by atoms with Gasteiger partial charge in [0.1, 0.15) is 0 Å². The van der Waals surface area contributed by atoms with Gasteiger partial charge in [0.25, 0.3) is 0 Å². The second-order valence-electron chi connectivity index (χ2n) is 8.23. The fourth-order valence-electron chi connectivity index (χ4n) is 3.78. The Kier molecular flexibility index (Phi) is 8.95. The molecule has 2 amide bonds. The first-order valence-electron chi connectivity index (χ1n) is 10.8. The molecule has 1 aliphatic heterocycles. The Morgan fingerprint density at radius 1 is 1.09 bits per heavy atom. The predicted octanol–water partition coefficient (Wildman–Crippen LogP) is 3.82. The molecule has 0 aliphatic carbocycles. The van der Waals surface area contributed by atoms with Gasteiger partial charge in [-0.05, 0) is 76.0 Å². The average Bonchev–Trinajstić information content (AvgIpc) is 2.74. The Morgan fingerprint density at radius 2 is 1.76 bits per heavy atom. The van der Waals surface area contributed by atoms with Crippen molar-refractivity contribution in [1.82, 2.24) is 19.9 Å². The van der Waals surface area contributed by atoms with E-state index in [0.29, 0.717) is 18.1 Å². The van der Waals surface area contributed by atoms with Gasteiger partial charge in [0.2, 0.25) is 10.0 Å². The number of likely N-dealkylation sites (tertiary alicyclic amines) is 1. The summed E-state index contributed by atoms with van der Waals surface area (Å²) in [6.07, 6.45) is 1.76. The molecule has 0 saturated carbocycles. The molecule has 1 fully saturated rings. The summed E-state index contributed by atoms with van der Waals surface area (Å²) in [7, 11) is -3.63. The van der Waals surface area contributed by atoms with E-state index >= 15 is 0 Å². The molecule has 2 heterocycles. The summed E-state index contributed by atoms with van der Waals surface area (Å²) in [4.78, 5) is 18.8. The van der Waals surface area contributed by atoms with Crippen molar-refractivity contribution in [2.45, 2.75) is 31.6 Å². The summed E-state index contributed by atoms with van der Waals surface area (Å²) in [6, 6.07) is 7.69. The molecule has 3 rings (SSSR count). The minimum Gasteiger partial charge on any atom is -0.337 e. The molecule has 11 heteroatoms. The second-order valence-corrected chi connectivity index (χ2v) is 10.8. The van der Waals surface area contributed by atoms with Crippen molar-refractivity contribution in [3.05, 3.63) is 51.8 Å². The van der Waals surface area contributed by atoms with Crippen LogP contribution in [0.3, 0.4) is 0 Å². The van der Waals surface area contributed by atoms with E-state index in [4.69, 9.17) is 23.2 Å². The van der Waals surface area contributed by atoms with E-state index in [-0.39, 0.29) is 21.9 Å². The quantitative estimate of drug-likeness (QED) is 0.497. The Hall–Kier alpha value is -1.91. The largest absolute Gasteiger partial charge is 0.337 e. The van der Waals surface area contributed by atoms with Crippen LogP contribution in [0.4, 0.5) is 10.5 Å². The number of rotatable bonds is 8. The lowest BCUT2D eigenvalue weighted by Crippen LogP contribution is -2.42. The average molecular weight is 514 g/mol. The monoisotopic (exact) mass is 513 g/mol. The van der Waals surface area contributed by atoms with Gasteiger partial charge < -0.3 is 15.5 Å². The minimum atomic E-state index is -3.63. The SMILES string of the molecule is Cc1cc(NC(=O)NCCN2CCC(CNS(=O)(=O)c3ccc(Cl)c(Cl)c3)CC2)cc(C)n1. The predicted molar refractivity (Wildman–Crippen MR) is 132 cm³/mol. The zero-order valence-corrected chi connectivity index (χ0v) is 21.0. The van der Waals surface area contributed by atoms with Gasteiger partial charge in [-0.15, -0.1) is 0 Å². The Morgan fingerprint density at radius 3 is 2.39 bits per heavy atom. The standard InChI is InChI=1S/C22H29Cl2N5O3S/c1-15-11-18(12-16(2)27-15)28-22(30)25-7-10-29-8-5-17(6-9-29)14-26-33(31,32)19-3-4-20(23)21(24)13-19/h3-4,11-13,17,26H,5-10,14H2,1-2H3,(H2,25,27,28,30). The van der Waals surface area contributed by atoms with Gasteiger partial charge in [-0.25, -0.2) is 17.9 Å². The number of hydrogen-bond donors (Lipinski definition) is 3. The zero-order valence-electron chi connectivity index (χ0n) is 18.7. The number of nitrogens with one attached hydrogen (secondary N) is 3. The van der Waals surface area contributed by atoms with E-state index in [9.17, 15) is 13.2 Å². The van der Waals surface area contributed by atoms with Gasteiger partial charge in [0, 0.05) is 36.7 Å². The number of anilines is 1. The number of sulfonamides is 1. The fourth-order valence-corrected chi connectivity index (χ4v) is 5.28. The number of carbonyl (C=O) groups excluding carboxylic acids is 1. The van der Waals surface area contributed by atoms with Gasteiger partial charge >= 0.3 is 6.03 Å². The summed E-state index contributed by atoms with van der Waals surface area (Å²) >= 11 is 11.8. The van der Waals surface area contributed by atoms with Crippen LogP contribution < -0.4 is 15.4 Å². The molecule has 0 unspecified atom stereocenters. The molecule has 0 radical (unpaired) electrons. The van der Waals surface area contributed by atoms with E-state index in [1.807, 2.05) is 26.0 Å². The lowest BCUT2D eigenvalue weighted by molar-refractivity contribution is 0.186. The summed E-state index contributed by atoms with van der Waals surface area (Å²) in [6.45, 7) is 7.13. The Bertz CT molecular complexity index is 1070. The third-order valence-corrected chi connectivity index (χ3v) is 7.68. The number of carbonyl (C=O) groups is 1. The lowest BCUT2D eigenvalue weighted by atomic mass is 9.97. The number of aromatic nitrogens is 1. The van der Waals surface area contributed by atoms with Gasteiger partial charge in [0.05, 0.1) is 14.9 Å². The number of benzene rings is 1. The lowest BCUT2D eigenvalue weighted by Gasteiger charge is -2.32. The number of urea groups is 1. The van der Waals surface area contributed by atoms with Gasteiger partial charge in [-0.3, -0.25) is 4.98 Å². The molecule has 33 heavy (non-hydrogen) atoms. The van der Waals surface area contributed by atoms with E-state index in [2.05, 4.69) is 25.2 Å². The summed E-state index contributed by atoms with van der Waals surface area (Å²) < 4.78 is 27.7. The number of nitrogens with zero attached hydrogens (tertiary/aromatic N) is 2. The van der Waals surface area contributed by atoms with Crippen molar-refractivity contribution in [2.75, 3.05) is 38.0 Å². The van der Waals surface area contributed by atoms with Crippen LogP contribution in [-0.4, -0.2) is 57.1 Å². The van der Waals surface area contributed by atoms with Crippen LogP contribution in [0.25, 0.3) is 0 Å². The van der Waals surface area contributed by atoms with Crippen LogP contribution >= 0.6 is 23.2 Å². The highest BCUT2D eigenvalue weighted by molar-refractivity contribution is 7.89. The highest BCUT2D eigenvalue weighted by Gasteiger charge is 2.22. The molecule has 0 atom stereocenters. The van der Waals surface area contributed by atoms with Gasteiger partial charge in [-0.2, -0.15) is 0 Å². The van der Waals surface area contributed by atoms with Crippen molar-refractivity contribution in [3.63, 3.8) is 0 Å². The molecular formula is C22H29Cl2N5O3S. The zero-order chi connectivity index (χ0) is 24.0. The molecule has 8 nitrogen and oxygen atoms in total. The van der Waals surface area contributed by atoms with E-state index < -0.39 is 10.0 Å². The maximum absolute atomic E-state index is 12.5. The molecule has 3 N–H and O–H groups in total. The first kappa shape index (κ1) is 25.7. The van der Waals surface area contributed by atoms with Crippen LogP contribution in [0.2, 0.25) is 10.0 Å². The highest BCUT2D eigenvalue weighted by atomic mass is 35.5. The van der Waals surface area contributed by atoms with Crippen molar-refractivity contribution < 1.29 is 13.2 Å². The summed E-state index contributed by atoms with van der Waals surface area (Å²) in [5, 5.41) is 6.23. The van der Waals surface area contributed by atoms with Crippen LogP contribution in [0.15, 0.2) is 35.2 Å². The third kappa shape index (κ3) is 7.82. The smallest absolute Gasteiger partial charge is 0.319 e. The van der Waals surface area contributed by atoms with E-state index in [0.717, 1.165) is 49.6 Å². The van der Waals surface area contributed by atoms with Crippen molar-refractivity contribution in [3.8, 4) is 0 Å². The highest BCUT2D eigenvalue weighted by Crippen LogP contribution is 2.25. The number of hydrogen-bond acceptors (Lipinski definition) is 5. The number of halogens is 2. The van der Waals surface area contributed by atoms with Crippen LogP contribution in [-0.2, 0) is 10.0 Å². The molecular weight excluding hydrogens is 485 g/mol. The second kappa shape index (κ2) is 11.5. The maximum Gasteiger partial charge on any atom is 0.319 e. The first-order valence-corrected chi connectivity index (χ1v) is 13.0. The van der Waals surface area contributed by atoms with Crippen molar-refractivity contribution in [2.24, 2.45) is 5.92 Å². The van der Waals surface area contributed by atoms with Gasteiger partial charge in [0.15, 0.2) is 0 Å². The Balaban J connectivity index is 1.36. The summed E-state index contributed by atoms with van der Waals surface area (Å²) in [5.41, 5.74) is 2.43. The van der Waals surface area contributed by atoms with E-state index in [1.165, 1.54) is 18.2 Å². The normalized spacial score (nSPS) is 15.4. The maximum atomic E-state index is 12.5. The molecule has 1 aromatic carbocycles. The van der Waals surface area contributed by atoms with Gasteiger partial charge in [-0.1, -0.05) is 23.2 Å². The van der Waals surface area contributed by atoms with Crippen molar-refractivity contribution >= 4 is 44.9 Å². The molecule has 1 saturated heterocycles. The number of piperidine rings is 1. The molecule has 1 aromatic heterocycles. The number of amides is 2. The topological polar surface area (TPSA) is 103 Å². The fraction of sp³-hybridized carbons (Fsp3) is 0.455. The molecule has 1 aliphatic rings. The van der Waals surface area contributed by atoms with E-state index in [1.54, 1.807) is 0 Å². The van der Waals surface area contributed by atoms with Crippen LogP contribution in [0.5, 0.6) is 0 Å². The number of pyridine rings is 1. The Labute approximate surface area is 205 Å². The number of aryl methyl sites for hydroxylation is 2. The van der Waals surface area contributed by atoms with Crippen molar-refractivity contribution in [1.29, 1.82) is 0 Å². The molecule has 180 valence electrons. The molecule has 0 spiro atoms. The third-order valence-electron chi connectivity index (χ3n) is 5.52. The molecule has 2 aromatic rings. The van der Waals surface area contributed by atoms with Crippen LogP contribution in [0.1, 0.15) is 24.2 Å². The van der Waals surface area contributed by atoms with Crippen LogP contribution in [0, 0.1) is 19.8 Å². The summed E-state index contributed by atoms with van der Waals surface area (Å²) in [5.74, 6) is 0.258. The molecule has 0 bridgehead atoms.